The van der Waals surface area contributed by atoms with Crippen molar-refractivity contribution in [2.24, 2.45) is 5.92 Å². The van der Waals surface area contributed by atoms with E-state index in [-0.39, 0.29) is 5.91 Å². The van der Waals surface area contributed by atoms with Gasteiger partial charge < -0.3 is 15.2 Å². The molecule has 5 heteroatoms. The summed E-state index contributed by atoms with van der Waals surface area (Å²) < 4.78 is 4.91. The van der Waals surface area contributed by atoms with Crippen molar-refractivity contribution in [3.63, 3.8) is 0 Å². The molecule has 26 heavy (non-hydrogen) atoms. The molecule has 1 amide bonds. The lowest BCUT2D eigenvalue weighted by atomic mass is 9.76. The Morgan fingerprint density at radius 3 is 2.27 bits per heavy atom. The van der Waals surface area contributed by atoms with E-state index in [0.717, 1.165) is 33.1 Å². The maximum atomic E-state index is 11.8. The van der Waals surface area contributed by atoms with Crippen molar-refractivity contribution in [1.82, 2.24) is 0 Å². The minimum atomic E-state index is -1.10. The Balaban J connectivity index is 0.000000228. The number of nitrogens with one attached hydrogen (secondary N) is 1. The summed E-state index contributed by atoms with van der Waals surface area (Å²) in [5.74, 6) is 0.278. The number of ether oxygens (including phenoxy) is 1. The zero-order valence-corrected chi connectivity index (χ0v) is 16.9. The van der Waals surface area contributed by atoms with E-state index in [0.29, 0.717) is 0 Å². The maximum absolute atomic E-state index is 11.8. The van der Waals surface area contributed by atoms with E-state index < -0.39 is 11.5 Å². The number of aliphatic hydroxyl groups is 1. The molecule has 0 spiro atoms. The fourth-order valence-corrected chi connectivity index (χ4v) is 3.24. The first-order chi connectivity index (χ1) is 12.1. The first-order valence-corrected chi connectivity index (χ1v) is 8.91. The monoisotopic (exact) mass is 375 g/mol. The van der Waals surface area contributed by atoms with Gasteiger partial charge in [0.1, 0.15) is 11.4 Å². The van der Waals surface area contributed by atoms with Crippen molar-refractivity contribution in [3.8, 4) is 5.75 Å². The van der Waals surface area contributed by atoms with Gasteiger partial charge in [-0.2, -0.15) is 0 Å². The number of rotatable bonds is 1. The van der Waals surface area contributed by atoms with Gasteiger partial charge in [0, 0.05) is 16.3 Å². The second-order valence-electron chi connectivity index (χ2n) is 6.88. The molecule has 0 saturated carbocycles. The Hall–Kier alpha value is -2.04. The number of carbonyl (C=O) groups is 1. The largest absolute Gasteiger partial charge is 0.497 e. The SMILES string of the molecule is COc1ccc(Cl)cc1.Cc1cc2c(c(C)c1C)C(C)(O)C(C)C(=O)N2. The highest BCUT2D eigenvalue weighted by atomic mass is 35.5. The van der Waals surface area contributed by atoms with Crippen LogP contribution in [0.4, 0.5) is 5.69 Å². The third-order valence-corrected chi connectivity index (χ3v) is 5.46. The Morgan fingerprint density at radius 2 is 1.73 bits per heavy atom. The average molecular weight is 376 g/mol. The quantitative estimate of drug-likeness (QED) is 0.755. The smallest absolute Gasteiger partial charge is 0.230 e. The molecule has 2 aromatic carbocycles. The van der Waals surface area contributed by atoms with Crippen LogP contribution in [0, 0.1) is 26.7 Å². The molecule has 1 heterocycles. The van der Waals surface area contributed by atoms with Crippen LogP contribution < -0.4 is 10.1 Å². The van der Waals surface area contributed by atoms with Gasteiger partial charge in [-0.3, -0.25) is 4.79 Å². The summed E-state index contributed by atoms with van der Waals surface area (Å²) in [6.07, 6.45) is 0. The standard InChI is InChI=1S/C14H19NO2.C7H7ClO/c1-7-6-11-12(9(3)8(7)2)14(5,17)10(4)13(16)15-11;1-9-7-4-2-6(8)3-5-7/h6,10,17H,1-5H3,(H,15,16);2-5H,1H3. The number of anilines is 1. The minimum Gasteiger partial charge on any atom is -0.497 e. The average Bonchev–Trinajstić information content (AvgIpc) is 2.59. The molecule has 2 aromatic rings. The molecule has 0 saturated heterocycles. The summed E-state index contributed by atoms with van der Waals surface area (Å²) in [4.78, 5) is 11.8. The number of carbonyl (C=O) groups excluding carboxylic acids is 1. The van der Waals surface area contributed by atoms with Gasteiger partial charge in [0.2, 0.25) is 5.91 Å². The van der Waals surface area contributed by atoms with Crippen LogP contribution in [0.15, 0.2) is 30.3 Å². The lowest BCUT2D eigenvalue weighted by molar-refractivity contribution is -0.128. The molecule has 1 aliphatic rings. The van der Waals surface area contributed by atoms with Gasteiger partial charge in [-0.05, 0) is 74.7 Å². The van der Waals surface area contributed by atoms with Crippen LogP contribution in [0.1, 0.15) is 36.1 Å². The van der Waals surface area contributed by atoms with Gasteiger partial charge in [0.25, 0.3) is 0 Å². The van der Waals surface area contributed by atoms with Crippen LogP contribution in [0.25, 0.3) is 0 Å². The van der Waals surface area contributed by atoms with E-state index in [1.807, 2.05) is 39.0 Å². The van der Waals surface area contributed by atoms with Crippen molar-refractivity contribution in [2.75, 3.05) is 12.4 Å². The summed E-state index contributed by atoms with van der Waals surface area (Å²) in [6, 6.07) is 9.17. The van der Waals surface area contributed by atoms with Crippen LogP contribution in [-0.2, 0) is 10.4 Å². The lowest BCUT2D eigenvalue weighted by Crippen LogP contribution is -2.44. The zero-order chi connectivity index (χ0) is 19.6. The van der Waals surface area contributed by atoms with Crippen LogP contribution in [0.5, 0.6) is 5.75 Å². The maximum Gasteiger partial charge on any atom is 0.230 e. The summed E-state index contributed by atoms with van der Waals surface area (Å²) in [6.45, 7) is 9.54. The fraction of sp³-hybridized carbons (Fsp3) is 0.381. The molecule has 140 valence electrons. The van der Waals surface area contributed by atoms with Gasteiger partial charge in [0.05, 0.1) is 13.0 Å². The van der Waals surface area contributed by atoms with Crippen LogP contribution >= 0.6 is 11.6 Å². The normalized spacial score (nSPS) is 21.2. The van der Waals surface area contributed by atoms with Crippen molar-refractivity contribution in [3.05, 3.63) is 57.6 Å². The topological polar surface area (TPSA) is 58.6 Å². The van der Waals surface area contributed by atoms with Gasteiger partial charge in [-0.1, -0.05) is 18.5 Å². The number of halogens is 1. The molecule has 4 nitrogen and oxygen atoms in total. The predicted molar refractivity (Wildman–Crippen MR) is 106 cm³/mol. The number of hydrogen-bond donors (Lipinski definition) is 2. The van der Waals surface area contributed by atoms with Crippen LogP contribution in [0.3, 0.4) is 0 Å². The van der Waals surface area contributed by atoms with Gasteiger partial charge >= 0.3 is 0 Å². The van der Waals surface area contributed by atoms with E-state index in [1.54, 1.807) is 33.1 Å². The second-order valence-corrected chi connectivity index (χ2v) is 7.32. The number of aryl methyl sites for hydroxylation is 1. The highest BCUT2D eigenvalue weighted by Crippen LogP contribution is 2.42. The van der Waals surface area contributed by atoms with Gasteiger partial charge in [-0.15, -0.1) is 0 Å². The zero-order valence-electron chi connectivity index (χ0n) is 16.1. The number of fused-ring (bicyclic) bond motifs is 1. The predicted octanol–water partition coefficient (Wildman–Crippen LogP) is 4.76. The lowest BCUT2D eigenvalue weighted by Gasteiger charge is -2.38. The van der Waals surface area contributed by atoms with Crippen molar-refractivity contribution < 1.29 is 14.6 Å². The molecule has 0 aromatic heterocycles. The Bertz CT molecular complexity index is 813. The molecule has 3 rings (SSSR count). The van der Waals surface area contributed by atoms with E-state index in [1.165, 1.54) is 5.56 Å². The summed E-state index contributed by atoms with van der Waals surface area (Å²) in [7, 11) is 1.63. The molecule has 2 unspecified atom stereocenters. The molecule has 1 aliphatic heterocycles. The highest BCUT2D eigenvalue weighted by Gasteiger charge is 2.42. The summed E-state index contributed by atoms with van der Waals surface area (Å²) in [5, 5.41) is 14.2. The third-order valence-electron chi connectivity index (χ3n) is 5.21. The number of hydrogen-bond acceptors (Lipinski definition) is 3. The number of amides is 1. The van der Waals surface area contributed by atoms with E-state index in [9.17, 15) is 9.90 Å². The van der Waals surface area contributed by atoms with Crippen LogP contribution in [-0.4, -0.2) is 18.1 Å². The molecule has 2 atom stereocenters. The first-order valence-electron chi connectivity index (χ1n) is 8.53. The molecule has 0 fully saturated rings. The Labute approximate surface area is 160 Å². The molecule has 2 N–H and O–H groups in total. The molecule has 0 aliphatic carbocycles. The van der Waals surface area contributed by atoms with Crippen molar-refractivity contribution in [2.45, 2.75) is 40.2 Å². The third kappa shape index (κ3) is 3.87. The Morgan fingerprint density at radius 1 is 1.15 bits per heavy atom. The van der Waals surface area contributed by atoms with Gasteiger partial charge in [0.15, 0.2) is 0 Å². The molecular formula is C21H26ClNO3. The first kappa shape index (κ1) is 20.3. The number of benzene rings is 2. The van der Waals surface area contributed by atoms with Crippen molar-refractivity contribution in [1.29, 1.82) is 0 Å². The van der Waals surface area contributed by atoms with E-state index in [2.05, 4.69) is 5.32 Å². The Kier molecular flexibility index (Phi) is 5.99. The highest BCUT2D eigenvalue weighted by molar-refractivity contribution is 6.30. The molecule has 0 radical (unpaired) electrons. The van der Waals surface area contributed by atoms with E-state index >= 15 is 0 Å². The fourth-order valence-electron chi connectivity index (χ4n) is 3.12. The van der Waals surface area contributed by atoms with E-state index in [4.69, 9.17) is 16.3 Å². The van der Waals surface area contributed by atoms with Crippen molar-refractivity contribution >= 4 is 23.2 Å². The van der Waals surface area contributed by atoms with Crippen LogP contribution in [0.2, 0.25) is 5.02 Å². The summed E-state index contributed by atoms with van der Waals surface area (Å²) >= 11 is 5.61. The number of methoxy groups -OCH3 is 1. The molecule has 0 bridgehead atoms. The van der Waals surface area contributed by atoms with Gasteiger partial charge in [-0.25, -0.2) is 0 Å². The minimum absolute atomic E-state index is 0.120. The summed E-state index contributed by atoms with van der Waals surface area (Å²) in [5.41, 5.74) is 3.88. The molecular weight excluding hydrogens is 350 g/mol. The second kappa shape index (κ2) is 7.68.